The standard InChI is InChI=1S/C12H11ClN8/c1-8-3-2-4-15-9(8)5-16-11-18-10(13)19-12(20-11)21-7-14-6-17-21/h2-4,6-7H,5H2,1H3,(H,16,18,19,20). The molecule has 0 atom stereocenters. The van der Waals surface area contributed by atoms with E-state index in [9.17, 15) is 0 Å². The topological polar surface area (TPSA) is 94.3 Å². The van der Waals surface area contributed by atoms with Crippen molar-refractivity contribution >= 4 is 17.5 Å². The van der Waals surface area contributed by atoms with Crippen LogP contribution in [0.5, 0.6) is 0 Å². The monoisotopic (exact) mass is 302 g/mol. The Hall–Kier alpha value is -2.61. The number of halogens is 1. The lowest BCUT2D eigenvalue weighted by Gasteiger charge is -2.07. The molecule has 0 unspecified atom stereocenters. The molecule has 0 bridgehead atoms. The van der Waals surface area contributed by atoms with E-state index in [-0.39, 0.29) is 5.28 Å². The molecule has 3 heterocycles. The molecule has 3 aromatic rings. The Labute approximate surface area is 125 Å². The highest BCUT2D eigenvalue weighted by Crippen LogP contribution is 2.10. The Morgan fingerprint density at radius 3 is 2.95 bits per heavy atom. The Morgan fingerprint density at radius 2 is 2.19 bits per heavy atom. The third-order valence-electron chi connectivity index (χ3n) is 2.75. The fourth-order valence-corrected chi connectivity index (χ4v) is 1.85. The minimum atomic E-state index is 0.0794. The largest absolute Gasteiger partial charge is 0.348 e. The van der Waals surface area contributed by atoms with Crippen LogP contribution >= 0.6 is 11.6 Å². The van der Waals surface area contributed by atoms with Gasteiger partial charge < -0.3 is 5.32 Å². The van der Waals surface area contributed by atoms with Gasteiger partial charge in [-0.3, -0.25) is 4.98 Å². The van der Waals surface area contributed by atoms with Gasteiger partial charge in [0.05, 0.1) is 12.2 Å². The molecule has 0 saturated heterocycles. The second-order valence-corrected chi connectivity index (χ2v) is 4.53. The van der Waals surface area contributed by atoms with Crippen molar-refractivity contribution in [3.63, 3.8) is 0 Å². The molecule has 0 saturated carbocycles. The number of rotatable bonds is 4. The molecule has 0 aliphatic heterocycles. The first-order chi connectivity index (χ1) is 10.2. The predicted octanol–water partition coefficient (Wildman–Crippen LogP) is 1.42. The first-order valence-corrected chi connectivity index (χ1v) is 6.51. The van der Waals surface area contributed by atoms with E-state index in [1.807, 2.05) is 19.1 Å². The second-order valence-electron chi connectivity index (χ2n) is 4.19. The SMILES string of the molecule is Cc1cccnc1CNc1nc(Cl)nc(-n2cncn2)n1. The van der Waals surface area contributed by atoms with Crippen LogP contribution in [0.1, 0.15) is 11.3 Å². The Balaban J connectivity index is 1.81. The molecule has 9 heteroatoms. The van der Waals surface area contributed by atoms with E-state index >= 15 is 0 Å². The smallest absolute Gasteiger partial charge is 0.258 e. The van der Waals surface area contributed by atoms with Crippen molar-refractivity contribution in [1.29, 1.82) is 0 Å². The number of hydrogen-bond donors (Lipinski definition) is 1. The van der Waals surface area contributed by atoms with Crippen molar-refractivity contribution in [1.82, 2.24) is 34.7 Å². The van der Waals surface area contributed by atoms with E-state index < -0.39 is 0 Å². The minimum absolute atomic E-state index is 0.0794. The van der Waals surface area contributed by atoms with Crippen molar-refractivity contribution < 1.29 is 0 Å². The zero-order chi connectivity index (χ0) is 14.7. The molecule has 0 radical (unpaired) electrons. The van der Waals surface area contributed by atoms with Crippen LogP contribution in [0.4, 0.5) is 5.95 Å². The fraction of sp³-hybridized carbons (Fsp3) is 0.167. The molecule has 3 rings (SSSR count). The van der Waals surface area contributed by atoms with Crippen LogP contribution in [0.15, 0.2) is 31.0 Å². The van der Waals surface area contributed by atoms with Crippen LogP contribution in [-0.2, 0) is 6.54 Å². The van der Waals surface area contributed by atoms with E-state index in [1.54, 1.807) is 6.20 Å². The average molecular weight is 303 g/mol. The number of nitrogens with one attached hydrogen (secondary N) is 1. The lowest BCUT2D eigenvalue weighted by atomic mass is 10.2. The number of anilines is 1. The zero-order valence-electron chi connectivity index (χ0n) is 11.1. The summed E-state index contributed by atoms with van der Waals surface area (Å²) in [5.74, 6) is 0.651. The van der Waals surface area contributed by atoms with Gasteiger partial charge in [0.25, 0.3) is 5.95 Å². The second kappa shape index (κ2) is 5.80. The van der Waals surface area contributed by atoms with E-state index in [1.165, 1.54) is 17.3 Å². The normalized spacial score (nSPS) is 10.6. The average Bonchev–Trinajstić information content (AvgIpc) is 3.00. The molecule has 106 valence electrons. The first kappa shape index (κ1) is 13.4. The summed E-state index contributed by atoms with van der Waals surface area (Å²) in [6.07, 6.45) is 4.62. The van der Waals surface area contributed by atoms with Gasteiger partial charge in [-0.15, -0.1) is 0 Å². The predicted molar refractivity (Wildman–Crippen MR) is 76.1 cm³/mol. The molecule has 0 aromatic carbocycles. The van der Waals surface area contributed by atoms with Gasteiger partial charge in [-0.2, -0.15) is 24.7 Å². The summed E-state index contributed by atoms with van der Waals surface area (Å²) in [6.45, 7) is 2.48. The summed E-state index contributed by atoms with van der Waals surface area (Å²) in [6, 6.07) is 3.88. The van der Waals surface area contributed by atoms with Gasteiger partial charge in [0.15, 0.2) is 0 Å². The van der Waals surface area contributed by atoms with Gasteiger partial charge in [0.2, 0.25) is 11.2 Å². The summed E-state index contributed by atoms with van der Waals surface area (Å²) in [4.78, 5) is 20.4. The Morgan fingerprint density at radius 1 is 1.29 bits per heavy atom. The molecular weight excluding hydrogens is 292 g/mol. The van der Waals surface area contributed by atoms with Crippen molar-refractivity contribution in [2.24, 2.45) is 0 Å². The molecule has 0 aliphatic rings. The van der Waals surface area contributed by atoms with Crippen molar-refractivity contribution in [2.75, 3.05) is 5.32 Å². The maximum atomic E-state index is 5.90. The first-order valence-electron chi connectivity index (χ1n) is 6.13. The summed E-state index contributed by atoms with van der Waals surface area (Å²) in [7, 11) is 0. The van der Waals surface area contributed by atoms with Crippen LogP contribution in [0.25, 0.3) is 5.95 Å². The van der Waals surface area contributed by atoms with Crippen LogP contribution in [0.3, 0.4) is 0 Å². The maximum absolute atomic E-state index is 5.90. The highest BCUT2D eigenvalue weighted by atomic mass is 35.5. The third-order valence-corrected chi connectivity index (χ3v) is 2.92. The quantitative estimate of drug-likeness (QED) is 0.778. The van der Waals surface area contributed by atoms with Crippen LogP contribution in [-0.4, -0.2) is 34.7 Å². The number of aromatic nitrogens is 7. The van der Waals surface area contributed by atoms with Crippen LogP contribution < -0.4 is 5.32 Å². The molecule has 8 nitrogen and oxygen atoms in total. The molecule has 0 amide bonds. The molecule has 21 heavy (non-hydrogen) atoms. The van der Waals surface area contributed by atoms with Gasteiger partial charge in [-0.05, 0) is 30.2 Å². The molecule has 0 spiro atoms. The number of pyridine rings is 1. The molecule has 1 N–H and O–H groups in total. The molecule has 0 aliphatic carbocycles. The van der Waals surface area contributed by atoms with Gasteiger partial charge in [-0.25, -0.2) is 4.98 Å². The summed E-state index contributed by atoms with van der Waals surface area (Å²) in [5, 5.41) is 7.11. The van der Waals surface area contributed by atoms with Gasteiger partial charge >= 0.3 is 0 Å². The molecule has 3 aromatic heterocycles. The Bertz CT molecular complexity index is 743. The lowest BCUT2D eigenvalue weighted by Crippen LogP contribution is -2.10. The Kier molecular flexibility index (Phi) is 3.69. The van der Waals surface area contributed by atoms with E-state index in [4.69, 9.17) is 11.6 Å². The summed E-state index contributed by atoms with van der Waals surface area (Å²) in [5.41, 5.74) is 2.00. The van der Waals surface area contributed by atoms with Crippen molar-refractivity contribution in [3.05, 3.63) is 47.5 Å². The zero-order valence-corrected chi connectivity index (χ0v) is 11.9. The number of nitrogens with zero attached hydrogens (tertiary/aromatic N) is 7. The highest BCUT2D eigenvalue weighted by molar-refractivity contribution is 6.28. The highest BCUT2D eigenvalue weighted by Gasteiger charge is 2.08. The van der Waals surface area contributed by atoms with Gasteiger partial charge in [0.1, 0.15) is 12.7 Å². The van der Waals surface area contributed by atoms with Crippen molar-refractivity contribution in [2.45, 2.75) is 13.5 Å². The van der Waals surface area contributed by atoms with E-state index in [2.05, 4.69) is 35.3 Å². The van der Waals surface area contributed by atoms with Crippen molar-refractivity contribution in [3.8, 4) is 5.95 Å². The third kappa shape index (κ3) is 3.11. The van der Waals surface area contributed by atoms with Crippen LogP contribution in [0.2, 0.25) is 5.28 Å². The minimum Gasteiger partial charge on any atom is -0.348 e. The maximum Gasteiger partial charge on any atom is 0.258 e. The number of aryl methyl sites for hydroxylation is 1. The summed E-state index contributed by atoms with van der Waals surface area (Å²) < 4.78 is 1.41. The molecular formula is C12H11ClN8. The summed E-state index contributed by atoms with van der Waals surface area (Å²) >= 11 is 5.90. The van der Waals surface area contributed by atoms with Gasteiger partial charge in [-0.1, -0.05) is 6.07 Å². The lowest BCUT2D eigenvalue weighted by molar-refractivity contribution is 0.792. The molecule has 0 fully saturated rings. The van der Waals surface area contributed by atoms with E-state index in [0.717, 1.165) is 11.3 Å². The van der Waals surface area contributed by atoms with E-state index in [0.29, 0.717) is 18.4 Å². The number of hydrogen-bond acceptors (Lipinski definition) is 7. The van der Waals surface area contributed by atoms with Gasteiger partial charge in [0, 0.05) is 6.20 Å². The fourth-order valence-electron chi connectivity index (χ4n) is 1.70. The van der Waals surface area contributed by atoms with Crippen LogP contribution in [0, 0.1) is 6.92 Å².